The Labute approximate surface area is 54.8 Å². The van der Waals surface area contributed by atoms with Gasteiger partial charge in [0, 0.05) is 8.50 Å². The normalized spacial score (nSPS) is 10.4. The van der Waals surface area contributed by atoms with Gasteiger partial charge in [0.1, 0.15) is 0 Å². The van der Waals surface area contributed by atoms with Gasteiger partial charge in [-0.25, -0.2) is 0 Å². The van der Waals surface area contributed by atoms with E-state index in [4.69, 9.17) is 4.52 Å². The van der Waals surface area contributed by atoms with Crippen LogP contribution >= 0.6 is 17.4 Å². The van der Waals surface area contributed by atoms with Gasteiger partial charge in [-0.1, -0.05) is 20.6 Å². The molecule has 0 saturated carbocycles. The summed E-state index contributed by atoms with van der Waals surface area (Å²) in [6.45, 7) is 4.88. The Morgan fingerprint density at radius 2 is 2.38 bits per heavy atom. The summed E-state index contributed by atoms with van der Waals surface area (Å²) in [4.78, 5) is 0. The summed E-state index contributed by atoms with van der Waals surface area (Å²) < 4.78 is 5.06. The molecule has 48 valence electrons. The van der Waals surface area contributed by atoms with Crippen molar-refractivity contribution in [1.82, 2.24) is 0 Å². The zero-order valence-electron chi connectivity index (χ0n) is 5.27. The van der Waals surface area contributed by atoms with E-state index >= 15 is 0 Å². The van der Waals surface area contributed by atoms with Gasteiger partial charge in [-0.2, -0.15) is 0 Å². The van der Waals surface area contributed by atoms with E-state index < -0.39 is 0 Å². The van der Waals surface area contributed by atoms with Crippen LogP contribution in [0, 0.1) is 0 Å². The lowest BCUT2D eigenvalue weighted by Gasteiger charge is -1.92. The Kier molecular flexibility index (Phi) is 6.09. The average molecular weight is 150 g/mol. The van der Waals surface area contributed by atoms with Crippen molar-refractivity contribution in [2.24, 2.45) is 0 Å². The molecule has 0 saturated heterocycles. The van der Waals surface area contributed by atoms with E-state index in [1.807, 2.05) is 0 Å². The summed E-state index contributed by atoms with van der Waals surface area (Å²) in [6, 6.07) is 0. The second-order valence-electron chi connectivity index (χ2n) is 1.71. The Morgan fingerprint density at radius 3 is 2.75 bits per heavy atom. The number of rotatable bonds is 3. The molecule has 0 aliphatic carbocycles. The van der Waals surface area contributed by atoms with Gasteiger partial charge in [0.2, 0.25) is 0 Å². The lowest BCUT2D eigenvalue weighted by Crippen LogP contribution is -1.76. The summed E-state index contributed by atoms with van der Waals surface area (Å²) in [5.41, 5.74) is 1.31. The fraction of sp³-hybridized carbons (Fsp3) is 0.600. The minimum Gasteiger partial charge on any atom is -0.354 e. The van der Waals surface area contributed by atoms with E-state index in [1.54, 1.807) is 0 Å². The lowest BCUT2D eigenvalue weighted by atomic mass is 10.3. The quantitative estimate of drug-likeness (QED) is 0.341. The molecular weight excluding hydrogens is 138 g/mol. The second kappa shape index (κ2) is 5.69. The third-order valence-electron chi connectivity index (χ3n) is 0.658. The van der Waals surface area contributed by atoms with E-state index in [9.17, 15) is 0 Å². The molecule has 0 N–H and O–H groups in total. The predicted molar refractivity (Wildman–Crippen MR) is 43.4 cm³/mol. The first-order valence-corrected chi connectivity index (χ1v) is 5.20. The smallest absolute Gasteiger partial charge is 0.0693 e. The van der Waals surface area contributed by atoms with Crippen molar-refractivity contribution in [3.63, 3.8) is 0 Å². The lowest BCUT2D eigenvalue weighted by molar-refractivity contribution is 0.423. The number of hydrogen-bond donors (Lipinski definition) is 0. The van der Waals surface area contributed by atoms with E-state index in [-0.39, 0.29) is 0 Å². The topological polar surface area (TPSA) is 9.23 Å². The zero-order valence-corrected chi connectivity index (χ0v) is 7.42. The summed E-state index contributed by atoms with van der Waals surface area (Å²) in [7, 11) is 3.07. The zero-order chi connectivity index (χ0) is 6.41. The van der Waals surface area contributed by atoms with Crippen LogP contribution in [0.2, 0.25) is 0 Å². The van der Waals surface area contributed by atoms with Gasteiger partial charge < -0.3 is 4.52 Å². The van der Waals surface area contributed by atoms with Crippen LogP contribution < -0.4 is 0 Å². The molecule has 8 heavy (non-hydrogen) atoms. The van der Waals surface area contributed by atoms with Crippen LogP contribution in [-0.4, -0.2) is 6.61 Å². The third-order valence-corrected chi connectivity index (χ3v) is 1.49. The molecule has 1 nitrogen and oxygen atoms in total. The number of allylic oxidation sites excluding steroid dienone is 1. The van der Waals surface area contributed by atoms with Crippen LogP contribution in [0.1, 0.15) is 13.8 Å². The van der Waals surface area contributed by atoms with Crippen molar-refractivity contribution in [2.45, 2.75) is 13.8 Å². The van der Waals surface area contributed by atoms with Crippen molar-refractivity contribution < 1.29 is 4.52 Å². The molecule has 0 aromatic heterocycles. The minimum atomic E-state index is 0.529. The SMILES string of the molecule is CC(C)=CCOPP. The Morgan fingerprint density at radius 1 is 1.75 bits per heavy atom. The maximum absolute atomic E-state index is 5.06. The van der Waals surface area contributed by atoms with E-state index in [0.29, 0.717) is 8.50 Å². The first kappa shape index (κ1) is 8.56. The highest BCUT2D eigenvalue weighted by Crippen LogP contribution is 2.20. The van der Waals surface area contributed by atoms with Crippen molar-refractivity contribution in [3.8, 4) is 0 Å². The van der Waals surface area contributed by atoms with Gasteiger partial charge in [-0.05, 0) is 13.8 Å². The fourth-order valence-electron chi connectivity index (χ4n) is 0.256. The van der Waals surface area contributed by atoms with Gasteiger partial charge in [0.15, 0.2) is 0 Å². The first-order chi connectivity index (χ1) is 3.77. The van der Waals surface area contributed by atoms with E-state index in [1.165, 1.54) is 5.57 Å². The van der Waals surface area contributed by atoms with Crippen LogP contribution in [0.5, 0.6) is 0 Å². The van der Waals surface area contributed by atoms with E-state index in [0.717, 1.165) is 6.61 Å². The van der Waals surface area contributed by atoms with Crippen molar-refractivity contribution in [3.05, 3.63) is 11.6 Å². The van der Waals surface area contributed by atoms with Gasteiger partial charge in [0.25, 0.3) is 0 Å². The molecule has 0 radical (unpaired) electrons. The summed E-state index contributed by atoms with van der Waals surface area (Å²) in [5, 5.41) is 0. The predicted octanol–water partition coefficient (Wildman–Crippen LogP) is 2.35. The van der Waals surface area contributed by atoms with Crippen LogP contribution in [0.15, 0.2) is 11.6 Å². The van der Waals surface area contributed by atoms with Crippen LogP contribution in [-0.2, 0) is 4.52 Å². The standard InChI is InChI=1S/C5H12OP2/c1-5(2)3-4-6-8-7/h3,8H,4,7H2,1-2H3. The molecule has 2 atom stereocenters. The van der Waals surface area contributed by atoms with Gasteiger partial charge in [-0.15, -0.1) is 0 Å². The number of hydrogen-bond acceptors (Lipinski definition) is 1. The molecule has 2 unspecified atom stereocenters. The third kappa shape index (κ3) is 6.56. The van der Waals surface area contributed by atoms with Crippen LogP contribution in [0.4, 0.5) is 0 Å². The van der Waals surface area contributed by atoms with Crippen molar-refractivity contribution in [1.29, 1.82) is 0 Å². The maximum atomic E-state index is 5.06. The molecule has 0 heterocycles. The first-order valence-electron chi connectivity index (χ1n) is 2.48. The molecule has 0 spiro atoms. The van der Waals surface area contributed by atoms with Crippen molar-refractivity contribution >= 4 is 17.4 Å². The second-order valence-corrected chi connectivity index (χ2v) is 2.94. The van der Waals surface area contributed by atoms with Crippen molar-refractivity contribution in [2.75, 3.05) is 6.61 Å². The molecule has 0 aliphatic rings. The van der Waals surface area contributed by atoms with Gasteiger partial charge in [0.05, 0.1) is 6.61 Å². The Balaban J connectivity index is 3.03. The maximum Gasteiger partial charge on any atom is 0.0693 e. The molecule has 0 fully saturated rings. The fourth-order valence-corrected chi connectivity index (χ4v) is 0.725. The molecule has 0 aliphatic heterocycles. The van der Waals surface area contributed by atoms with Crippen LogP contribution in [0.3, 0.4) is 0 Å². The molecule has 3 heteroatoms. The van der Waals surface area contributed by atoms with Crippen LogP contribution in [0.25, 0.3) is 0 Å². The largest absolute Gasteiger partial charge is 0.354 e. The molecule has 0 aromatic carbocycles. The molecule has 0 rings (SSSR count). The minimum absolute atomic E-state index is 0.529. The monoisotopic (exact) mass is 150 g/mol. The van der Waals surface area contributed by atoms with Gasteiger partial charge in [-0.3, -0.25) is 0 Å². The summed E-state index contributed by atoms with van der Waals surface area (Å²) >= 11 is 0. The highest BCUT2D eigenvalue weighted by Gasteiger charge is 1.76. The average Bonchev–Trinajstić information content (AvgIpc) is 1.66. The molecule has 0 aromatic rings. The van der Waals surface area contributed by atoms with Gasteiger partial charge >= 0.3 is 0 Å². The molecule has 0 amide bonds. The molecule has 0 bridgehead atoms. The Hall–Kier alpha value is 0.560. The Bertz CT molecular complexity index is 76.5. The highest BCUT2D eigenvalue weighted by molar-refractivity contribution is 8.00. The summed E-state index contributed by atoms with van der Waals surface area (Å²) in [6.07, 6.45) is 2.07. The highest BCUT2D eigenvalue weighted by atomic mass is 32.0. The van der Waals surface area contributed by atoms with E-state index in [2.05, 4.69) is 28.9 Å². The summed E-state index contributed by atoms with van der Waals surface area (Å²) in [5.74, 6) is 0. The molecular formula is C5H12OP2.